The second kappa shape index (κ2) is 8.02. The van der Waals surface area contributed by atoms with Crippen molar-refractivity contribution in [2.24, 2.45) is 57.2 Å². The number of carbonyl (C=O) groups excluding carboxylic acids is 1. The van der Waals surface area contributed by atoms with Gasteiger partial charge in [0.25, 0.3) is 0 Å². The lowest BCUT2D eigenvalue weighted by Crippen LogP contribution is -2.58. The average Bonchev–Trinajstić information content (AvgIpc) is 3.06. The first-order valence-corrected chi connectivity index (χ1v) is 12.2. The Labute approximate surface area is 181 Å². The summed E-state index contributed by atoms with van der Waals surface area (Å²) in [7, 11) is 0. The van der Waals surface area contributed by atoms with Crippen molar-refractivity contribution in [2.75, 3.05) is 0 Å². The number of primary amides is 1. The Hall–Kier alpha value is -1.26. The van der Waals surface area contributed by atoms with Gasteiger partial charge < -0.3 is 10.8 Å². The molecule has 0 aromatic heterocycles. The van der Waals surface area contributed by atoms with Crippen LogP contribution in [0.3, 0.4) is 0 Å². The van der Waals surface area contributed by atoms with Crippen LogP contribution in [0.5, 0.6) is 0 Å². The van der Waals surface area contributed by atoms with Crippen LogP contribution in [0.25, 0.3) is 10.4 Å². The fraction of sp³-hybridized carbons (Fsp3) is 0.958. The molecule has 0 unspecified atom stereocenters. The van der Waals surface area contributed by atoms with Crippen LogP contribution < -0.4 is 5.73 Å². The Morgan fingerprint density at radius 2 is 1.97 bits per heavy atom. The van der Waals surface area contributed by atoms with Crippen LogP contribution in [0.2, 0.25) is 0 Å². The number of amides is 1. The molecular formula is C24H40N4O2. The van der Waals surface area contributed by atoms with Gasteiger partial charge in [-0.2, -0.15) is 0 Å². The third-order valence-electron chi connectivity index (χ3n) is 10.6. The number of aliphatic hydroxyl groups is 1. The quantitative estimate of drug-likeness (QED) is 0.365. The van der Waals surface area contributed by atoms with E-state index >= 15 is 0 Å². The van der Waals surface area contributed by atoms with E-state index in [0.717, 1.165) is 32.1 Å². The summed E-state index contributed by atoms with van der Waals surface area (Å²) >= 11 is 0. The number of nitrogens with zero attached hydrogens (tertiary/aromatic N) is 3. The molecule has 168 valence electrons. The zero-order valence-electron chi connectivity index (χ0n) is 19.0. The third kappa shape index (κ3) is 3.35. The second-order valence-electron chi connectivity index (χ2n) is 11.6. The lowest BCUT2D eigenvalue weighted by molar-refractivity contribution is -0.169. The summed E-state index contributed by atoms with van der Waals surface area (Å²) in [5.41, 5.74) is 14.5. The maximum absolute atomic E-state index is 11.6. The van der Waals surface area contributed by atoms with Crippen LogP contribution in [0.15, 0.2) is 5.11 Å². The zero-order valence-corrected chi connectivity index (χ0v) is 19.0. The van der Waals surface area contributed by atoms with Gasteiger partial charge in [0.2, 0.25) is 5.91 Å². The third-order valence-corrected chi connectivity index (χ3v) is 10.6. The largest absolute Gasteiger partial charge is 0.393 e. The molecule has 0 bridgehead atoms. The fourth-order valence-electron chi connectivity index (χ4n) is 8.91. The van der Waals surface area contributed by atoms with Crippen molar-refractivity contribution in [2.45, 2.75) is 97.1 Å². The molecule has 3 N–H and O–H groups in total. The zero-order chi connectivity index (χ0) is 21.7. The number of carbonyl (C=O) groups is 1. The van der Waals surface area contributed by atoms with E-state index in [0.29, 0.717) is 41.9 Å². The monoisotopic (exact) mass is 416 g/mol. The van der Waals surface area contributed by atoms with Gasteiger partial charge in [-0.05, 0) is 110 Å². The highest BCUT2D eigenvalue weighted by Gasteiger charge is 2.63. The second-order valence-corrected chi connectivity index (χ2v) is 11.6. The predicted molar refractivity (Wildman–Crippen MR) is 117 cm³/mol. The molecule has 1 amide bonds. The van der Waals surface area contributed by atoms with E-state index in [1.807, 2.05) is 0 Å². The van der Waals surface area contributed by atoms with Gasteiger partial charge in [-0.3, -0.25) is 4.79 Å². The van der Waals surface area contributed by atoms with Gasteiger partial charge in [0, 0.05) is 17.4 Å². The fourth-order valence-corrected chi connectivity index (χ4v) is 8.91. The van der Waals surface area contributed by atoms with Crippen LogP contribution in [0.4, 0.5) is 0 Å². The van der Waals surface area contributed by atoms with Crippen molar-refractivity contribution >= 4 is 5.91 Å². The number of fused-ring (bicyclic) bond motifs is 5. The Morgan fingerprint density at radius 3 is 2.67 bits per heavy atom. The summed E-state index contributed by atoms with van der Waals surface area (Å²) in [6.07, 6.45) is 9.94. The number of aliphatic hydroxyl groups excluding tert-OH is 1. The van der Waals surface area contributed by atoms with Crippen molar-refractivity contribution in [1.29, 1.82) is 0 Å². The molecule has 10 atom stereocenters. The van der Waals surface area contributed by atoms with Crippen LogP contribution >= 0.6 is 0 Å². The molecule has 6 heteroatoms. The summed E-state index contributed by atoms with van der Waals surface area (Å²) in [5.74, 6) is 3.16. The normalized spacial score (nSPS) is 48.6. The van der Waals surface area contributed by atoms with Gasteiger partial charge in [0.15, 0.2) is 0 Å². The van der Waals surface area contributed by atoms with Crippen molar-refractivity contribution in [1.82, 2.24) is 0 Å². The minimum atomic E-state index is -0.266. The van der Waals surface area contributed by atoms with Gasteiger partial charge >= 0.3 is 0 Å². The summed E-state index contributed by atoms with van der Waals surface area (Å²) in [4.78, 5) is 14.4. The number of azide groups is 1. The SMILES string of the molecule is C[C@H](CCC(N)=O)[C@H]1CC[C@H]2[C@@H]3CC[C@@H]4C[C@H](N=[N+]=[N-])CC[C@]4(C)[C@H]3C[C@H](O)[C@]12C. The highest BCUT2D eigenvalue weighted by Crippen LogP contribution is 2.68. The van der Waals surface area contributed by atoms with Crippen molar-refractivity contribution < 1.29 is 9.90 Å². The first-order chi connectivity index (χ1) is 14.2. The van der Waals surface area contributed by atoms with Crippen LogP contribution in [-0.4, -0.2) is 23.2 Å². The molecule has 4 aliphatic carbocycles. The molecule has 0 radical (unpaired) electrons. The van der Waals surface area contributed by atoms with E-state index in [1.165, 1.54) is 25.7 Å². The average molecular weight is 417 g/mol. The Balaban J connectivity index is 1.55. The van der Waals surface area contributed by atoms with Gasteiger partial charge in [0.05, 0.1) is 6.10 Å². The minimum Gasteiger partial charge on any atom is -0.393 e. The maximum Gasteiger partial charge on any atom is 0.217 e. The molecule has 30 heavy (non-hydrogen) atoms. The minimum absolute atomic E-state index is 0.0380. The summed E-state index contributed by atoms with van der Waals surface area (Å²) in [6, 6.07) is 0.158. The molecule has 4 fully saturated rings. The predicted octanol–water partition coefficient (Wildman–Crippen LogP) is 5.20. The number of hydrogen-bond acceptors (Lipinski definition) is 3. The van der Waals surface area contributed by atoms with E-state index in [2.05, 4.69) is 30.8 Å². The van der Waals surface area contributed by atoms with E-state index in [1.54, 1.807) is 0 Å². The Bertz CT molecular complexity index is 722. The smallest absolute Gasteiger partial charge is 0.217 e. The number of rotatable bonds is 5. The van der Waals surface area contributed by atoms with E-state index in [9.17, 15) is 9.90 Å². The summed E-state index contributed by atoms with van der Waals surface area (Å²) in [6.45, 7) is 7.08. The van der Waals surface area contributed by atoms with Gasteiger partial charge in [-0.1, -0.05) is 25.9 Å². The first kappa shape index (κ1) is 22.0. The molecular weight excluding hydrogens is 376 g/mol. The van der Waals surface area contributed by atoms with Crippen molar-refractivity contribution in [3.05, 3.63) is 10.4 Å². The van der Waals surface area contributed by atoms with E-state index < -0.39 is 0 Å². The first-order valence-electron chi connectivity index (χ1n) is 12.2. The number of hydrogen-bond donors (Lipinski definition) is 2. The molecule has 4 rings (SSSR count). The lowest BCUT2D eigenvalue weighted by Gasteiger charge is -2.62. The highest BCUT2D eigenvalue weighted by atomic mass is 16.3. The topological polar surface area (TPSA) is 112 Å². The van der Waals surface area contributed by atoms with Crippen LogP contribution in [0, 0.1) is 46.3 Å². The van der Waals surface area contributed by atoms with Crippen LogP contribution in [-0.2, 0) is 4.79 Å². The summed E-state index contributed by atoms with van der Waals surface area (Å²) < 4.78 is 0. The number of nitrogens with two attached hydrogens (primary N) is 1. The molecule has 0 aromatic rings. The van der Waals surface area contributed by atoms with E-state index in [4.69, 9.17) is 11.3 Å². The van der Waals surface area contributed by atoms with Crippen LogP contribution in [0.1, 0.15) is 85.0 Å². The molecule has 0 aliphatic heterocycles. The Kier molecular flexibility index (Phi) is 5.87. The van der Waals surface area contributed by atoms with Gasteiger partial charge in [0.1, 0.15) is 0 Å². The molecule has 0 aromatic carbocycles. The maximum atomic E-state index is 11.6. The van der Waals surface area contributed by atoms with Gasteiger partial charge in [-0.25, -0.2) is 0 Å². The van der Waals surface area contributed by atoms with Gasteiger partial charge in [-0.15, -0.1) is 0 Å². The lowest BCUT2D eigenvalue weighted by atomic mass is 9.43. The Morgan fingerprint density at radius 1 is 1.20 bits per heavy atom. The highest BCUT2D eigenvalue weighted by molar-refractivity contribution is 5.73. The summed E-state index contributed by atoms with van der Waals surface area (Å²) in [5, 5.41) is 15.6. The molecule has 4 aliphatic rings. The molecule has 6 nitrogen and oxygen atoms in total. The standard InChI is InChI=1S/C24H40N4O2/c1-14(4-9-22(25)30)18-7-8-19-17-6-5-15-12-16(27-28-26)10-11-23(15,2)20(17)13-21(29)24(18,19)3/h14-21,29H,4-13H2,1-3H3,(H2,25,30)/t14-,15-,16-,17+,18-,19+,20+,21+,23+,24-/m1/s1. The molecule has 0 spiro atoms. The molecule has 4 saturated carbocycles. The van der Waals surface area contributed by atoms with Crippen molar-refractivity contribution in [3.63, 3.8) is 0 Å². The molecule has 0 heterocycles. The molecule has 0 saturated heterocycles. The van der Waals surface area contributed by atoms with E-state index in [-0.39, 0.29) is 28.9 Å². The van der Waals surface area contributed by atoms with Crippen molar-refractivity contribution in [3.8, 4) is 0 Å².